The Bertz CT molecular complexity index is 2010. The first-order chi connectivity index (χ1) is 29.5. The molecule has 5 aromatic rings. The van der Waals surface area contributed by atoms with E-state index in [0.717, 1.165) is 83.2 Å². The SMILES string of the molecule is CC(C)(CN(C(=O)c1ccco1)c1ccccc1)N1CCN(CCc2ccccc2)CC1.COCC(=O)N(CC(C)(C)N1CCN(Cc2ccccc2)CC1)c1ccccc1. The molecule has 7 rings (SSSR count). The van der Waals surface area contributed by atoms with E-state index in [2.05, 4.69) is 108 Å². The third kappa shape index (κ3) is 13.2. The van der Waals surface area contributed by atoms with Crippen molar-refractivity contribution in [3.8, 4) is 0 Å². The van der Waals surface area contributed by atoms with Crippen molar-refractivity contribution in [3.05, 3.63) is 157 Å². The van der Waals surface area contributed by atoms with Gasteiger partial charge in [0.15, 0.2) is 5.76 Å². The van der Waals surface area contributed by atoms with Crippen molar-refractivity contribution in [2.24, 2.45) is 0 Å². The lowest BCUT2D eigenvalue weighted by Crippen LogP contribution is -2.59. The summed E-state index contributed by atoms with van der Waals surface area (Å²) in [6.45, 7) is 20.5. The Labute approximate surface area is 364 Å². The van der Waals surface area contributed by atoms with Gasteiger partial charge in [-0.15, -0.1) is 0 Å². The lowest BCUT2D eigenvalue weighted by atomic mass is 9.99. The van der Waals surface area contributed by atoms with E-state index in [9.17, 15) is 9.59 Å². The Morgan fingerprint density at radius 1 is 0.574 bits per heavy atom. The summed E-state index contributed by atoms with van der Waals surface area (Å²) in [6, 6.07) is 44.6. The summed E-state index contributed by atoms with van der Waals surface area (Å²) in [6.07, 6.45) is 2.64. The van der Waals surface area contributed by atoms with Gasteiger partial charge in [0.05, 0.1) is 6.26 Å². The number of benzene rings is 4. The van der Waals surface area contributed by atoms with Crippen LogP contribution in [0.5, 0.6) is 0 Å². The van der Waals surface area contributed by atoms with Gasteiger partial charge in [-0.3, -0.25) is 24.3 Å². The molecule has 2 amide bonds. The lowest BCUT2D eigenvalue weighted by molar-refractivity contribution is -0.122. The number of hydrogen-bond donors (Lipinski definition) is 0. The molecule has 2 aliphatic rings. The van der Waals surface area contributed by atoms with Crippen LogP contribution < -0.4 is 9.80 Å². The van der Waals surface area contributed by atoms with E-state index >= 15 is 0 Å². The largest absolute Gasteiger partial charge is 0.459 e. The topological polar surface area (TPSA) is 76.0 Å². The van der Waals surface area contributed by atoms with E-state index in [-0.39, 0.29) is 29.5 Å². The molecule has 324 valence electrons. The second kappa shape index (κ2) is 22.1. The van der Waals surface area contributed by atoms with Crippen molar-refractivity contribution in [2.75, 3.05) is 95.5 Å². The van der Waals surface area contributed by atoms with Gasteiger partial charge in [0.1, 0.15) is 6.61 Å². The monoisotopic (exact) mass is 827 g/mol. The molecule has 0 aliphatic carbocycles. The number of anilines is 2. The first kappa shape index (κ1) is 45.4. The van der Waals surface area contributed by atoms with Crippen LogP contribution in [0, 0.1) is 0 Å². The first-order valence-corrected chi connectivity index (χ1v) is 21.8. The van der Waals surface area contributed by atoms with Crippen molar-refractivity contribution in [3.63, 3.8) is 0 Å². The van der Waals surface area contributed by atoms with Gasteiger partial charge < -0.3 is 23.9 Å². The number of furan rings is 1. The van der Waals surface area contributed by atoms with E-state index in [1.165, 1.54) is 11.1 Å². The minimum Gasteiger partial charge on any atom is -0.459 e. The van der Waals surface area contributed by atoms with E-state index < -0.39 is 0 Å². The highest BCUT2D eigenvalue weighted by Crippen LogP contribution is 2.26. The maximum absolute atomic E-state index is 13.2. The highest BCUT2D eigenvalue weighted by atomic mass is 16.5. The lowest BCUT2D eigenvalue weighted by Gasteiger charge is -2.46. The summed E-state index contributed by atoms with van der Waals surface area (Å²) in [5.41, 5.74) is 4.28. The smallest absolute Gasteiger partial charge is 0.294 e. The summed E-state index contributed by atoms with van der Waals surface area (Å²) < 4.78 is 10.5. The Morgan fingerprint density at radius 2 is 1.03 bits per heavy atom. The molecular formula is C51H66N6O4. The van der Waals surface area contributed by atoms with Crippen LogP contribution in [-0.2, 0) is 22.5 Å². The molecule has 2 fully saturated rings. The van der Waals surface area contributed by atoms with E-state index in [0.29, 0.717) is 18.8 Å². The summed E-state index contributed by atoms with van der Waals surface area (Å²) >= 11 is 0. The van der Waals surface area contributed by atoms with Gasteiger partial charge in [-0.05, 0) is 81.6 Å². The van der Waals surface area contributed by atoms with Gasteiger partial charge in [-0.25, -0.2) is 0 Å². The molecule has 0 N–H and O–H groups in total. The molecule has 10 nitrogen and oxygen atoms in total. The number of carbonyl (C=O) groups is 2. The molecule has 0 bridgehead atoms. The molecule has 61 heavy (non-hydrogen) atoms. The quantitative estimate of drug-likeness (QED) is 0.0998. The maximum atomic E-state index is 13.2. The highest BCUT2D eigenvalue weighted by molar-refractivity contribution is 6.04. The Hall–Kier alpha value is -5.10. The average molecular weight is 827 g/mol. The number of nitrogens with zero attached hydrogens (tertiary/aromatic N) is 6. The average Bonchev–Trinajstić information content (AvgIpc) is 3.84. The number of hydrogen-bond acceptors (Lipinski definition) is 8. The van der Waals surface area contributed by atoms with Gasteiger partial charge >= 0.3 is 0 Å². The molecule has 1 aromatic heterocycles. The summed E-state index contributed by atoms with van der Waals surface area (Å²) in [7, 11) is 1.57. The predicted molar refractivity (Wildman–Crippen MR) is 247 cm³/mol. The van der Waals surface area contributed by atoms with Crippen LogP contribution in [0.3, 0.4) is 0 Å². The second-order valence-corrected chi connectivity index (χ2v) is 17.4. The zero-order valence-corrected chi connectivity index (χ0v) is 37.0. The fourth-order valence-corrected chi connectivity index (χ4v) is 8.39. The predicted octanol–water partition coefficient (Wildman–Crippen LogP) is 7.83. The molecule has 0 spiro atoms. The molecule has 3 heterocycles. The zero-order chi connectivity index (χ0) is 43.1. The number of amides is 2. The van der Waals surface area contributed by atoms with E-state index in [4.69, 9.17) is 9.15 Å². The van der Waals surface area contributed by atoms with Crippen molar-refractivity contribution < 1.29 is 18.7 Å². The Balaban J connectivity index is 0.000000205. The van der Waals surface area contributed by atoms with Gasteiger partial charge in [-0.2, -0.15) is 0 Å². The van der Waals surface area contributed by atoms with Gasteiger partial charge in [0.25, 0.3) is 11.8 Å². The Kier molecular flexibility index (Phi) is 16.5. The minimum absolute atomic E-state index is 0.00510. The molecule has 0 radical (unpaired) electrons. The number of ether oxygens (including phenoxy) is 1. The van der Waals surface area contributed by atoms with Crippen LogP contribution in [0.4, 0.5) is 11.4 Å². The molecule has 0 atom stereocenters. The zero-order valence-electron chi connectivity index (χ0n) is 37.0. The summed E-state index contributed by atoms with van der Waals surface area (Å²) in [4.78, 5) is 39.8. The summed E-state index contributed by atoms with van der Waals surface area (Å²) in [5.74, 6) is 0.264. The van der Waals surface area contributed by atoms with Crippen LogP contribution in [0.2, 0.25) is 0 Å². The Morgan fingerprint density at radius 3 is 1.52 bits per heavy atom. The van der Waals surface area contributed by atoms with Crippen molar-refractivity contribution in [1.82, 2.24) is 19.6 Å². The first-order valence-electron chi connectivity index (χ1n) is 21.8. The van der Waals surface area contributed by atoms with Crippen LogP contribution in [-0.4, -0.2) is 128 Å². The molecular weight excluding hydrogens is 761 g/mol. The molecule has 2 aliphatic heterocycles. The van der Waals surface area contributed by atoms with Crippen LogP contribution in [0.15, 0.2) is 144 Å². The number of carbonyl (C=O) groups excluding carboxylic acids is 2. The summed E-state index contributed by atoms with van der Waals surface area (Å²) in [5, 5.41) is 0. The van der Waals surface area contributed by atoms with Crippen LogP contribution in [0.1, 0.15) is 49.4 Å². The molecule has 0 unspecified atom stereocenters. The van der Waals surface area contributed by atoms with Gasteiger partial charge in [0.2, 0.25) is 0 Å². The van der Waals surface area contributed by atoms with Crippen molar-refractivity contribution in [1.29, 1.82) is 0 Å². The van der Waals surface area contributed by atoms with Gasteiger partial charge in [0, 0.05) is 108 Å². The molecule has 10 heteroatoms. The fourth-order valence-electron chi connectivity index (χ4n) is 8.39. The molecule has 2 saturated heterocycles. The van der Waals surface area contributed by atoms with Crippen molar-refractivity contribution in [2.45, 2.75) is 51.7 Å². The maximum Gasteiger partial charge on any atom is 0.294 e. The third-order valence-corrected chi connectivity index (χ3v) is 12.0. The number of methoxy groups -OCH3 is 1. The van der Waals surface area contributed by atoms with E-state index in [1.807, 2.05) is 70.5 Å². The second-order valence-electron chi connectivity index (χ2n) is 17.4. The van der Waals surface area contributed by atoms with E-state index in [1.54, 1.807) is 25.5 Å². The van der Waals surface area contributed by atoms with Gasteiger partial charge in [-0.1, -0.05) is 97.1 Å². The fraction of sp³-hybridized carbons (Fsp3) is 0.412. The number of piperazine rings is 2. The third-order valence-electron chi connectivity index (χ3n) is 12.0. The molecule has 4 aromatic carbocycles. The molecule has 0 saturated carbocycles. The van der Waals surface area contributed by atoms with Crippen molar-refractivity contribution >= 4 is 23.2 Å². The number of rotatable bonds is 16. The number of para-hydroxylation sites is 2. The highest BCUT2D eigenvalue weighted by Gasteiger charge is 2.35. The standard InChI is InChI=1S/C27H33N3O2.C24H33N3O2/c1-27(2,29-19-17-28(18-20-29)16-15-23-10-5-3-6-11-23)22-30(24-12-7-4-8-13-24)26(31)25-14-9-21-32-25;1-24(2,20-27(23(28)19-29-3)22-12-8-5-9-13-22)26-16-14-25(15-17-26)18-21-10-6-4-7-11-21/h3-14,21H,15-20,22H2,1-2H3;4-13H,14-20H2,1-3H3. The van der Waals surface area contributed by atoms with Crippen LogP contribution in [0.25, 0.3) is 0 Å². The van der Waals surface area contributed by atoms with Crippen LogP contribution >= 0.6 is 0 Å². The normalized spacial score (nSPS) is 15.8. The minimum atomic E-state index is -0.163.